The molecule has 0 aliphatic carbocycles. The highest BCUT2D eigenvalue weighted by atomic mass is 16.3. The summed E-state index contributed by atoms with van der Waals surface area (Å²) < 4.78 is 0. The normalized spacial score (nSPS) is 15.8. The molecule has 4 aromatic heterocycles. The Hall–Kier alpha value is -3.78. The number of anilines is 2. The summed E-state index contributed by atoms with van der Waals surface area (Å²) in [6.45, 7) is 4.51. The second kappa shape index (κ2) is 8.63. The third-order valence-electron chi connectivity index (χ3n) is 6.06. The standard InChI is InChI=1S/C25H26N6O2/c1-15-5-6-20(27-12-15)23-24(17-7-8-26-22(10-17)29-16(2)33)30-21-11-19(13-28-25(21)23)31-9-3-4-18(31)14-32/h5-8,10-13,18,30,32H,3-4,9,14H2,1-2H3,(H,26,29,33)/t18-/m0/s1. The maximum Gasteiger partial charge on any atom is 0.222 e. The Kier molecular flexibility index (Phi) is 5.51. The summed E-state index contributed by atoms with van der Waals surface area (Å²) in [5.41, 5.74) is 7.23. The van der Waals surface area contributed by atoms with Crippen LogP contribution >= 0.6 is 0 Å². The van der Waals surface area contributed by atoms with E-state index in [0.717, 1.165) is 64.2 Å². The van der Waals surface area contributed by atoms with Crippen molar-refractivity contribution in [2.45, 2.75) is 32.7 Å². The van der Waals surface area contributed by atoms with Crippen molar-refractivity contribution < 1.29 is 9.90 Å². The fourth-order valence-corrected chi connectivity index (χ4v) is 4.50. The van der Waals surface area contributed by atoms with E-state index in [0.29, 0.717) is 5.82 Å². The molecule has 0 aromatic carbocycles. The van der Waals surface area contributed by atoms with E-state index in [1.54, 1.807) is 6.20 Å². The maximum atomic E-state index is 11.5. The molecule has 5 rings (SSSR count). The number of nitrogens with zero attached hydrogens (tertiary/aromatic N) is 4. The van der Waals surface area contributed by atoms with Gasteiger partial charge in [0.25, 0.3) is 0 Å². The zero-order valence-corrected chi connectivity index (χ0v) is 18.7. The summed E-state index contributed by atoms with van der Waals surface area (Å²) in [6.07, 6.45) is 7.43. The van der Waals surface area contributed by atoms with Gasteiger partial charge in [-0.3, -0.25) is 14.8 Å². The lowest BCUT2D eigenvalue weighted by Crippen LogP contribution is -2.32. The lowest BCUT2D eigenvalue weighted by molar-refractivity contribution is -0.114. The molecule has 0 saturated carbocycles. The summed E-state index contributed by atoms with van der Waals surface area (Å²) in [6, 6.07) is 9.98. The van der Waals surface area contributed by atoms with Gasteiger partial charge in [-0.1, -0.05) is 6.07 Å². The SMILES string of the molecule is CC(=O)Nc1cc(-c2[nH]c3cc(N4CCC[C@H]4CO)cnc3c2-c2ccc(C)cn2)ccn1. The average molecular weight is 443 g/mol. The number of aromatic nitrogens is 4. The second-order valence-corrected chi connectivity index (χ2v) is 8.47. The monoisotopic (exact) mass is 442 g/mol. The Balaban J connectivity index is 1.67. The van der Waals surface area contributed by atoms with E-state index >= 15 is 0 Å². The molecule has 1 atom stereocenters. The summed E-state index contributed by atoms with van der Waals surface area (Å²) in [5.74, 6) is 0.310. The van der Waals surface area contributed by atoms with Crippen molar-refractivity contribution in [3.63, 3.8) is 0 Å². The number of carbonyl (C=O) groups is 1. The van der Waals surface area contributed by atoms with Gasteiger partial charge < -0.3 is 20.3 Å². The van der Waals surface area contributed by atoms with Gasteiger partial charge >= 0.3 is 0 Å². The minimum atomic E-state index is -0.174. The van der Waals surface area contributed by atoms with Crippen LogP contribution in [0, 0.1) is 6.92 Å². The van der Waals surface area contributed by atoms with E-state index in [2.05, 4.69) is 31.2 Å². The van der Waals surface area contributed by atoms with Gasteiger partial charge in [0, 0.05) is 31.4 Å². The highest BCUT2D eigenvalue weighted by molar-refractivity contribution is 6.01. The number of nitrogens with one attached hydrogen (secondary N) is 2. The number of amides is 1. The minimum Gasteiger partial charge on any atom is -0.394 e. The van der Waals surface area contributed by atoms with Crippen molar-refractivity contribution in [1.29, 1.82) is 0 Å². The molecular formula is C25H26N6O2. The van der Waals surface area contributed by atoms with Crippen molar-refractivity contribution in [2.75, 3.05) is 23.4 Å². The lowest BCUT2D eigenvalue weighted by atomic mass is 10.0. The van der Waals surface area contributed by atoms with E-state index in [-0.39, 0.29) is 18.6 Å². The van der Waals surface area contributed by atoms with Gasteiger partial charge in [-0.2, -0.15) is 0 Å². The maximum absolute atomic E-state index is 11.5. The fourth-order valence-electron chi connectivity index (χ4n) is 4.50. The highest BCUT2D eigenvalue weighted by Gasteiger charge is 2.25. The Morgan fingerprint density at radius 3 is 2.85 bits per heavy atom. The van der Waals surface area contributed by atoms with Crippen LogP contribution in [0.25, 0.3) is 33.5 Å². The summed E-state index contributed by atoms with van der Waals surface area (Å²) >= 11 is 0. The third kappa shape index (κ3) is 4.05. The molecule has 168 valence electrons. The van der Waals surface area contributed by atoms with Crippen LogP contribution in [0.2, 0.25) is 0 Å². The molecule has 0 bridgehead atoms. The number of aliphatic hydroxyl groups excluding tert-OH is 1. The molecule has 33 heavy (non-hydrogen) atoms. The van der Waals surface area contributed by atoms with Crippen molar-refractivity contribution in [3.8, 4) is 22.5 Å². The Morgan fingerprint density at radius 1 is 1.21 bits per heavy atom. The van der Waals surface area contributed by atoms with E-state index in [4.69, 9.17) is 4.98 Å². The minimum absolute atomic E-state index is 0.123. The Labute approximate surface area is 191 Å². The fraction of sp³-hybridized carbons (Fsp3) is 0.280. The van der Waals surface area contributed by atoms with E-state index in [9.17, 15) is 9.90 Å². The number of fused-ring (bicyclic) bond motifs is 1. The van der Waals surface area contributed by atoms with Crippen LogP contribution < -0.4 is 10.2 Å². The molecule has 1 saturated heterocycles. The molecular weight excluding hydrogens is 416 g/mol. The number of rotatable bonds is 5. The first-order valence-corrected chi connectivity index (χ1v) is 11.1. The van der Waals surface area contributed by atoms with Gasteiger partial charge in [0.15, 0.2) is 0 Å². The van der Waals surface area contributed by atoms with Crippen molar-refractivity contribution in [3.05, 3.63) is 54.5 Å². The van der Waals surface area contributed by atoms with E-state index in [1.807, 2.05) is 43.6 Å². The van der Waals surface area contributed by atoms with E-state index < -0.39 is 0 Å². The summed E-state index contributed by atoms with van der Waals surface area (Å²) in [7, 11) is 0. The van der Waals surface area contributed by atoms with Gasteiger partial charge in [-0.05, 0) is 49.6 Å². The van der Waals surface area contributed by atoms with Gasteiger partial charge in [0.2, 0.25) is 5.91 Å². The molecule has 8 nitrogen and oxygen atoms in total. The number of aliphatic hydroxyl groups is 1. The molecule has 1 amide bonds. The molecule has 3 N–H and O–H groups in total. The van der Waals surface area contributed by atoms with Crippen LogP contribution in [0.5, 0.6) is 0 Å². The predicted octanol–water partition coefficient (Wildman–Crippen LogP) is 3.91. The Morgan fingerprint density at radius 2 is 2.09 bits per heavy atom. The van der Waals surface area contributed by atoms with Gasteiger partial charge in [0.1, 0.15) is 5.82 Å². The number of aryl methyl sites for hydroxylation is 1. The molecule has 4 aromatic rings. The molecule has 0 unspecified atom stereocenters. The topological polar surface area (TPSA) is 107 Å². The molecule has 0 spiro atoms. The number of hydrogen-bond donors (Lipinski definition) is 3. The van der Waals surface area contributed by atoms with Crippen LogP contribution in [-0.4, -0.2) is 50.1 Å². The number of H-pyrrole nitrogens is 1. The van der Waals surface area contributed by atoms with Crippen LogP contribution in [0.1, 0.15) is 25.3 Å². The molecule has 1 aliphatic heterocycles. The smallest absolute Gasteiger partial charge is 0.222 e. The second-order valence-electron chi connectivity index (χ2n) is 8.47. The largest absolute Gasteiger partial charge is 0.394 e. The van der Waals surface area contributed by atoms with Crippen LogP contribution in [0.4, 0.5) is 11.5 Å². The van der Waals surface area contributed by atoms with Gasteiger partial charge in [-0.15, -0.1) is 0 Å². The van der Waals surface area contributed by atoms with Crippen LogP contribution in [-0.2, 0) is 4.79 Å². The van der Waals surface area contributed by atoms with Gasteiger partial charge in [0.05, 0.1) is 52.5 Å². The molecule has 0 radical (unpaired) electrons. The molecule has 1 fully saturated rings. The summed E-state index contributed by atoms with van der Waals surface area (Å²) in [4.78, 5) is 31.0. The van der Waals surface area contributed by atoms with Gasteiger partial charge in [-0.25, -0.2) is 4.98 Å². The number of pyridine rings is 3. The highest BCUT2D eigenvalue weighted by Crippen LogP contribution is 2.38. The zero-order valence-electron chi connectivity index (χ0n) is 18.7. The lowest BCUT2D eigenvalue weighted by Gasteiger charge is -2.24. The number of hydrogen-bond acceptors (Lipinski definition) is 6. The Bertz CT molecular complexity index is 1310. The molecule has 5 heterocycles. The molecule has 8 heteroatoms. The predicted molar refractivity (Wildman–Crippen MR) is 129 cm³/mol. The quantitative estimate of drug-likeness (QED) is 0.433. The zero-order chi connectivity index (χ0) is 22.9. The first-order valence-electron chi connectivity index (χ1n) is 11.1. The van der Waals surface area contributed by atoms with Crippen LogP contribution in [0.15, 0.2) is 48.9 Å². The third-order valence-corrected chi connectivity index (χ3v) is 6.06. The number of aromatic amines is 1. The average Bonchev–Trinajstić information content (AvgIpc) is 3.43. The number of carbonyl (C=O) groups excluding carboxylic acids is 1. The first kappa shape index (κ1) is 21.1. The first-order chi connectivity index (χ1) is 16.0. The summed E-state index contributed by atoms with van der Waals surface area (Å²) in [5, 5.41) is 12.5. The molecule has 1 aliphatic rings. The van der Waals surface area contributed by atoms with Crippen molar-refractivity contribution >= 4 is 28.4 Å². The van der Waals surface area contributed by atoms with Crippen molar-refractivity contribution in [1.82, 2.24) is 19.9 Å². The van der Waals surface area contributed by atoms with Crippen molar-refractivity contribution in [2.24, 2.45) is 0 Å². The van der Waals surface area contributed by atoms with E-state index in [1.165, 1.54) is 6.92 Å². The van der Waals surface area contributed by atoms with Crippen LogP contribution in [0.3, 0.4) is 0 Å².